The Morgan fingerprint density at radius 2 is 1.50 bits per heavy atom. The van der Waals surface area contributed by atoms with Gasteiger partial charge in [0, 0.05) is 0 Å². The monoisotopic (exact) mass is 294 g/mol. The topological polar surface area (TPSA) is 181 Å². The Kier molecular flexibility index (Phi) is 15.1. The fourth-order valence-corrected chi connectivity index (χ4v) is 0.912. The van der Waals surface area contributed by atoms with Crippen molar-refractivity contribution in [2.45, 2.75) is 11.7 Å². The molecule has 0 spiro atoms. The Balaban J connectivity index is -0.000000392. The van der Waals surface area contributed by atoms with E-state index >= 15 is 0 Å². The van der Waals surface area contributed by atoms with Gasteiger partial charge in [0.25, 0.3) is 0 Å². The van der Waals surface area contributed by atoms with Gasteiger partial charge in [0.1, 0.15) is 0 Å². The predicted molar refractivity (Wildman–Crippen MR) is 48.4 cm³/mol. The van der Waals surface area contributed by atoms with Crippen molar-refractivity contribution in [1.82, 2.24) is 0 Å². The number of aliphatic carboxylic acids is 2. The average molecular weight is 294 g/mol. The van der Waals surface area contributed by atoms with Gasteiger partial charge in [-0.3, -0.25) is 9.59 Å². The molecule has 1 unspecified atom stereocenters. The maximum Gasteiger partial charge on any atom is 1.00 e. The van der Waals surface area contributed by atoms with Gasteiger partial charge in [-0.1, -0.05) is 0 Å². The van der Waals surface area contributed by atoms with Crippen molar-refractivity contribution in [1.29, 1.82) is 0 Å². The van der Waals surface area contributed by atoms with E-state index in [-0.39, 0.29) is 41.6 Å². The summed E-state index contributed by atoms with van der Waals surface area (Å²) in [5.41, 5.74) is 0. The normalized spacial score (nSPS) is 9.78. The minimum Gasteiger partial charge on any atom is -0.565 e. The fraction of sp³-hybridized carbons (Fsp3) is 0.333. The van der Waals surface area contributed by atoms with Crippen LogP contribution in [0.3, 0.4) is 0 Å². The first kappa shape index (κ1) is 22.0. The van der Waals surface area contributed by atoms with Crippen LogP contribution in [-0.4, -0.2) is 49.9 Å². The second kappa shape index (κ2) is 12.3. The third-order valence-electron chi connectivity index (χ3n) is 0.871. The molecule has 12 heteroatoms. The third kappa shape index (κ3) is 20.3. The molecule has 0 aromatic carbocycles. The summed E-state index contributed by atoms with van der Waals surface area (Å²) in [5.74, 6) is -2.78. The minimum atomic E-state index is -2.08. The van der Waals surface area contributed by atoms with E-state index in [9.17, 15) is 14.4 Å². The van der Waals surface area contributed by atoms with E-state index in [1.807, 2.05) is 0 Å². The molecular formula is C6H7NaO10S. The van der Waals surface area contributed by atoms with Crippen molar-refractivity contribution in [3.8, 4) is 0 Å². The number of carbonyl (C=O) groups is 4. The Labute approximate surface area is 126 Å². The van der Waals surface area contributed by atoms with Crippen molar-refractivity contribution in [2.24, 2.45) is 0 Å². The zero-order valence-corrected chi connectivity index (χ0v) is 11.7. The minimum absolute atomic E-state index is 0. The Hall–Kier alpha value is -1.17. The summed E-state index contributed by atoms with van der Waals surface area (Å²) in [5, 5.41) is 38.5. The van der Waals surface area contributed by atoms with Crippen LogP contribution in [0.5, 0.6) is 0 Å². The van der Waals surface area contributed by atoms with Crippen LogP contribution in [0.2, 0.25) is 0 Å². The van der Waals surface area contributed by atoms with E-state index in [1.165, 1.54) is 0 Å². The second-order valence-electron chi connectivity index (χ2n) is 2.14. The molecule has 0 heterocycles. The molecule has 0 saturated heterocycles. The number of carboxylic acid groups (broad SMARTS) is 5. The second-order valence-corrected chi connectivity index (χ2v) is 3.06. The summed E-state index contributed by atoms with van der Waals surface area (Å²) in [7, 11) is 0. The van der Waals surface area contributed by atoms with Crippen molar-refractivity contribution in [3.63, 3.8) is 0 Å². The molecule has 0 fully saturated rings. The molecule has 98 valence electrons. The quantitative estimate of drug-likeness (QED) is 0.287. The van der Waals surface area contributed by atoms with Crippen molar-refractivity contribution in [2.75, 3.05) is 0 Å². The smallest absolute Gasteiger partial charge is 0.565 e. The standard InChI is InChI=1S/C5H6O7S.CH2O3.Na/c6-3(7)1-2(4(8)9)13-12-5(10)11;2-1(3)4;/h2H,1H2,(H,6,7)(H,8,9)(H,10,11);(H2,2,3,4);/q;;+1/p-1. The molecule has 0 radical (unpaired) electrons. The van der Waals surface area contributed by atoms with Crippen LogP contribution in [0.25, 0.3) is 0 Å². The first-order chi connectivity index (χ1) is 7.66. The SMILES string of the molecule is O=C(O)CC(SOC(=O)O)C(=O)O.O=C([O-])O.[Na+]. The van der Waals surface area contributed by atoms with Gasteiger partial charge in [0.15, 0.2) is 5.25 Å². The summed E-state index contributed by atoms with van der Waals surface area (Å²) < 4.78 is 3.86. The number of rotatable bonds is 5. The van der Waals surface area contributed by atoms with Crippen LogP contribution in [0, 0.1) is 0 Å². The summed E-state index contributed by atoms with van der Waals surface area (Å²) in [4.78, 5) is 38.6. The molecule has 0 aromatic rings. The molecular weight excluding hydrogens is 287 g/mol. The Bertz CT molecular complexity index is 301. The van der Waals surface area contributed by atoms with Gasteiger partial charge in [-0.2, -0.15) is 0 Å². The van der Waals surface area contributed by atoms with Gasteiger partial charge in [0.2, 0.25) is 6.16 Å². The summed E-state index contributed by atoms with van der Waals surface area (Å²) >= 11 is 0.0862. The molecule has 10 nitrogen and oxygen atoms in total. The third-order valence-corrected chi connectivity index (χ3v) is 1.71. The van der Waals surface area contributed by atoms with Gasteiger partial charge in [-0.15, -0.1) is 0 Å². The van der Waals surface area contributed by atoms with Crippen LogP contribution in [-0.2, 0) is 13.8 Å². The molecule has 0 aliphatic heterocycles. The molecule has 0 aliphatic rings. The molecule has 1 atom stereocenters. The largest absolute Gasteiger partial charge is 1.00 e. The van der Waals surface area contributed by atoms with Gasteiger partial charge < -0.3 is 34.5 Å². The van der Waals surface area contributed by atoms with Crippen LogP contribution in [0.4, 0.5) is 9.59 Å². The van der Waals surface area contributed by atoms with E-state index in [1.54, 1.807) is 0 Å². The van der Waals surface area contributed by atoms with Gasteiger partial charge in [-0.05, 0) is 0 Å². The molecule has 0 bridgehead atoms. The average Bonchev–Trinajstić information content (AvgIpc) is 2.09. The van der Waals surface area contributed by atoms with Crippen molar-refractivity contribution < 1.29 is 78.5 Å². The number of hydrogen-bond donors (Lipinski definition) is 4. The van der Waals surface area contributed by atoms with E-state index in [0.29, 0.717) is 0 Å². The van der Waals surface area contributed by atoms with Crippen LogP contribution < -0.4 is 34.7 Å². The van der Waals surface area contributed by atoms with Crippen LogP contribution >= 0.6 is 12.0 Å². The maximum atomic E-state index is 10.3. The predicted octanol–water partition coefficient (Wildman–Crippen LogP) is -3.85. The van der Waals surface area contributed by atoms with Crippen molar-refractivity contribution >= 4 is 36.3 Å². The molecule has 0 saturated carbocycles. The van der Waals surface area contributed by atoms with Gasteiger partial charge in [0.05, 0.1) is 18.5 Å². The summed E-state index contributed by atoms with van der Waals surface area (Å²) in [6, 6.07) is 0. The molecule has 18 heavy (non-hydrogen) atoms. The van der Waals surface area contributed by atoms with Gasteiger partial charge >= 0.3 is 47.7 Å². The molecule has 0 amide bonds. The fourth-order valence-electron chi connectivity index (χ4n) is 0.420. The number of hydrogen-bond acceptors (Lipinski definition) is 7. The Morgan fingerprint density at radius 1 is 1.11 bits per heavy atom. The molecule has 4 N–H and O–H groups in total. The first-order valence-electron chi connectivity index (χ1n) is 3.57. The van der Waals surface area contributed by atoms with E-state index in [2.05, 4.69) is 4.18 Å². The molecule has 0 aromatic heterocycles. The van der Waals surface area contributed by atoms with Crippen LogP contribution in [0.1, 0.15) is 6.42 Å². The van der Waals surface area contributed by atoms with Crippen molar-refractivity contribution in [3.05, 3.63) is 0 Å². The number of carboxylic acids is 2. The van der Waals surface area contributed by atoms with E-state index < -0.39 is 35.9 Å². The zero-order valence-electron chi connectivity index (χ0n) is 8.93. The van der Waals surface area contributed by atoms with Crippen LogP contribution in [0.15, 0.2) is 0 Å². The first-order valence-corrected chi connectivity index (χ1v) is 4.38. The zero-order chi connectivity index (χ0) is 14.0. The summed E-state index contributed by atoms with van der Waals surface area (Å²) in [6.45, 7) is 0. The molecule has 0 aliphatic carbocycles. The Morgan fingerprint density at radius 3 is 1.72 bits per heavy atom. The van der Waals surface area contributed by atoms with Gasteiger partial charge in [-0.25, -0.2) is 4.79 Å². The molecule has 0 rings (SSSR count). The van der Waals surface area contributed by atoms with E-state index in [4.69, 9.17) is 30.3 Å². The maximum absolute atomic E-state index is 10.3. The summed E-state index contributed by atoms with van der Waals surface area (Å²) in [6.07, 6.45) is -4.45. The van der Waals surface area contributed by atoms with E-state index in [0.717, 1.165) is 0 Å².